The fourth-order valence-corrected chi connectivity index (χ4v) is 2.81. The van der Waals surface area contributed by atoms with Crippen molar-refractivity contribution in [3.63, 3.8) is 0 Å². The number of benzene rings is 1. The van der Waals surface area contributed by atoms with Crippen LogP contribution in [-0.2, 0) is 4.79 Å². The van der Waals surface area contributed by atoms with Crippen molar-refractivity contribution in [2.24, 2.45) is 0 Å². The number of hydrogen-bond acceptors (Lipinski definition) is 1. The van der Waals surface area contributed by atoms with Crippen LogP contribution in [0.2, 0.25) is 0 Å². The predicted octanol–water partition coefficient (Wildman–Crippen LogP) is 3.06. The van der Waals surface area contributed by atoms with Gasteiger partial charge in [0.05, 0.1) is 6.42 Å². The normalized spacial score (nSPS) is 23.9. The fourth-order valence-electron chi connectivity index (χ4n) is 2.81. The lowest BCUT2D eigenvalue weighted by Gasteiger charge is -2.09. The molecule has 2 heteroatoms. The number of aryl methyl sites for hydroxylation is 1. The fraction of sp³-hybridized carbons (Fsp3) is 0.462. The summed E-state index contributed by atoms with van der Waals surface area (Å²) in [4.78, 5) is 10.8. The van der Waals surface area contributed by atoms with Gasteiger partial charge >= 0.3 is 5.97 Å². The first-order valence-electron chi connectivity index (χ1n) is 5.40. The monoisotopic (exact) mass is 204 g/mol. The summed E-state index contributed by atoms with van der Waals surface area (Å²) in [5.41, 5.74) is 3.93. The summed E-state index contributed by atoms with van der Waals surface area (Å²) in [5.74, 6) is 0.0273. The van der Waals surface area contributed by atoms with Crippen molar-refractivity contribution in [3.8, 4) is 0 Å². The van der Waals surface area contributed by atoms with Gasteiger partial charge in [0.2, 0.25) is 0 Å². The Bertz CT molecular complexity index is 396. The molecule has 80 valence electrons. The molecule has 0 saturated heterocycles. The van der Waals surface area contributed by atoms with Crippen molar-refractivity contribution in [2.45, 2.75) is 38.5 Å². The summed E-state index contributed by atoms with van der Waals surface area (Å²) < 4.78 is 0. The Kier molecular flexibility index (Phi) is 2.51. The number of carboxylic acids is 1. The first-order valence-corrected chi connectivity index (χ1v) is 5.40. The number of hydrogen-bond donors (Lipinski definition) is 1. The molecule has 2 nitrogen and oxygen atoms in total. The maximum absolute atomic E-state index is 10.8. The maximum atomic E-state index is 10.8. The van der Waals surface area contributed by atoms with Crippen LogP contribution in [0.1, 0.15) is 48.3 Å². The van der Waals surface area contributed by atoms with Crippen LogP contribution in [-0.4, -0.2) is 11.1 Å². The van der Waals surface area contributed by atoms with Gasteiger partial charge in [-0.25, -0.2) is 0 Å². The third kappa shape index (κ3) is 1.76. The molecule has 2 unspecified atom stereocenters. The molecule has 0 amide bonds. The molecule has 0 saturated carbocycles. The number of carboxylic acid groups (broad SMARTS) is 1. The standard InChI is InChI=1S/C13H16O2/c1-8-4-3-5-11-10(7-12(14)15)6-9(2)13(8)11/h3-5,9-10H,6-7H2,1-2H3,(H,14,15). The molecular weight excluding hydrogens is 188 g/mol. The summed E-state index contributed by atoms with van der Waals surface area (Å²) in [6.45, 7) is 4.30. The Labute approximate surface area is 89.9 Å². The predicted molar refractivity (Wildman–Crippen MR) is 59.2 cm³/mol. The van der Waals surface area contributed by atoms with Crippen LogP contribution >= 0.6 is 0 Å². The molecule has 1 aliphatic carbocycles. The third-order valence-electron chi connectivity index (χ3n) is 3.35. The Morgan fingerprint density at radius 1 is 1.53 bits per heavy atom. The van der Waals surface area contributed by atoms with Crippen molar-refractivity contribution >= 4 is 5.97 Å². The summed E-state index contributed by atoms with van der Waals surface area (Å²) in [7, 11) is 0. The quantitative estimate of drug-likeness (QED) is 0.803. The van der Waals surface area contributed by atoms with Crippen molar-refractivity contribution in [3.05, 3.63) is 34.9 Å². The van der Waals surface area contributed by atoms with Crippen molar-refractivity contribution in [2.75, 3.05) is 0 Å². The second kappa shape index (κ2) is 3.69. The van der Waals surface area contributed by atoms with Crippen LogP contribution < -0.4 is 0 Å². The molecule has 1 N–H and O–H groups in total. The molecule has 2 rings (SSSR count). The van der Waals surface area contributed by atoms with Gasteiger partial charge in [-0.15, -0.1) is 0 Å². The van der Waals surface area contributed by atoms with Crippen LogP contribution in [0.25, 0.3) is 0 Å². The Hall–Kier alpha value is -1.31. The largest absolute Gasteiger partial charge is 0.481 e. The SMILES string of the molecule is Cc1cccc2c1C(C)CC2CC(=O)O. The molecule has 2 atom stereocenters. The van der Waals surface area contributed by atoms with Gasteiger partial charge in [-0.3, -0.25) is 4.79 Å². The van der Waals surface area contributed by atoms with Crippen LogP contribution in [0, 0.1) is 6.92 Å². The second-order valence-electron chi connectivity index (χ2n) is 4.51. The van der Waals surface area contributed by atoms with E-state index in [-0.39, 0.29) is 12.3 Å². The number of rotatable bonds is 2. The average molecular weight is 204 g/mol. The van der Waals surface area contributed by atoms with E-state index in [1.54, 1.807) is 0 Å². The van der Waals surface area contributed by atoms with Crippen molar-refractivity contribution < 1.29 is 9.90 Å². The maximum Gasteiger partial charge on any atom is 0.303 e. The highest BCUT2D eigenvalue weighted by Gasteiger charge is 2.30. The number of carbonyl (C=O) groups is 1. The summed E-state index contributed by atoms with van der Waals surface area (Å²) in [5, 5.41) is 8.86. The third-order valence-corrected chi connectivity index (χ3v) is 3.35. The average Bonchev–Trinajstić information content (AvgIpc) is 2.44. The zero-order valence-electron chi connectivity index (χ0n) is 9.16. The lowest BCUT2D eigenvalue weighted by atomic mass is 9.96. The van der Waals surface area contributed by atoms with Crippen LogP contribution in [0.4, 0.5) is 0 Å². The van der Waals surface area contributed by atoms with E-state index in [1.807, 2.05) is 6.07 Å². The molecule has 0 aliphatic heterocycles. The van der Waals surface area contributed by atoms with E-state index in [0.29, 0.717) is 5.92 Å². The Morgan fingerprint density at radius 2 is 2.27 bits per heavy atom. The smallest absolute Gasteiger partial charge is 0.303 e. The van der Waals surface area contributed by atoms with Gasteiger partial charge in [0.25, 0.3) is 0 Å². The molecule has 1 aromatic carbocycles. The molecule has 1 aliphatic rings. The minimum Gasteiger partial charge on any atom is -0.481 e. The van der Waals surface area contributed by atoms with Gasteiger partial charge in [-0.1, -0.05) is 25.1 Å². The Balaban J connectivity index is 2.38. The highest BCUT2D eigenvalue weighted by Crippen LogP contribution is 2.44. The molecule has 0 heterocycles. The highest BCUT2D eigenvalue weighted by atomic mass is 16.4. The van der Waals surface area contributed by atoms with E-state index in [4.69, 9.17) is 5.11 Å². The zero-order chi connectivity index (χ0) is 11.0. The van der Waals surface area contributed by atoms with Crippen LogP contribution in [0.3, 0.4) is 0 Å². The molecule has 0 aromatic heterocycles. The van der Waals surface area contributed by atoms with Gasteiger partial charge in [-0.2, -0.15) is 0 Å². The minimum absolute atomic E-state index is 0.215. The van der Waals surface area contributed by atoms with Crippen LogP contribution in [0.15, 0.2) is 18.2 Å². The molecule has 0 bridgehead atoms. The lowest BCUT2D eigenvalue weighted by Crippen LogP contribution is -2.03. The van der Waals surface area contributed by atoms with E-state index in [2.05, 4.69) is 26.0 Å². The summed E-state index contributed by atoms with van der Waals surface area (Å²) >= 11 is 0. The first-order chi connectivity index (χ1) is 7.09. The molecule has 15 heavy (non-hydrogen) atoms. The number of aliphatic carboxylic acids is 1. The molecule has 0 radical (unpaired) electrons. The van der Waals surface area contributed by atoms with Crippen molar-refractivity contribution in [1.82, 2.24) is 0 Å². The zero-order valence-corrected chi connectivity index (χ0v) is 9.16. The Morgan fingerprint density at radius 3 is 2.93 bits per heavy atom. The van der Waals surface area contributed by atoms with Gasteiger partial charge < -0.3 is 5.11 Å². The molecule has 1 aromatic rings. The van der Waals surface area contributed by atoms with Gasteiger partial charge in [0.1, 0.15) is 0 Å². The van der Waals surface area contributed by atoms with E-state index in [1.165, 1.54) is 16.7 Å². The summed E-state index contributed by atoms with van der Waals surface area (Å²) in [6.07, 6.45) is 1.24. The second-order valence-corrected chi connectivity index (χ2v) is 4.51. The molecular formula is C13H16O2. The summed E-state index contributed by atoms with van der Waals surface area (Å²) in [6, 6.07) is 6.22. The topological polar surface area (TPSA) is 37.3 Å². The van der Waals surface area contributed by atoms with E-state index < -0.39 is 5.97 Å². The van der Waals surface area contributed by atoms with E-state index >= 15 is 0 Å². The van der Waals surface area contributed by atoms with Gasteiger partial charge in [0.15, 0.2) is 0 Å². The minimum atomic E-state index is -0.693. The highest BCUT2D eigenvalue weighted by molar-refractivity contribution is 5.68. The lowest BCUT2D eigenvalue weighted by molar-refractivity contribution is -0.137. The van der Waals surface area contributed by atoms with E-state index in [0.717, 1.165) is 6.42 Å². The number of fused-ring (bicyclic) bond motifs is 1. The van der Waals surface area contributed by atoms with Crippen molar-refractivity contribution in [1.29, 1.82) is 0 Å². The molecule has 0 fully saturated rings. The van der Waals surface area contributed by atoms with Gasteiger partial charge in [-0.05, 0) is 41.9 Å². The molecule has 0 spiro atoms. The van der Waals surface area contributed by atoms with Gasteiger partial charge in [0, 0.05) is 0 Å². The van der Waals surface area contributed by atoms with Crippen LogP contribution in [0.5, 0.6) is 0 Å². The first kappa shape index (κ1) is 10.2. The van der Waals surface area contributed by atoms with E-state index in [9.17, 15) is 4.79 Å².